The van der Waals surface area contributed by atoms with Crippen LogP contribution in [0.5, 0.6) is 0 Å². The van der Waals surface area contributed by atoms with Crippen LogP contribution in [0.15, 0.2) is 28.8 Å². The Hall–Kier alpha value is -2.05. The number of hydrogen-bond donors (Lipinski definition) is 1. The number of benzene rings is 1. The van der Waals surface area contributed by atoms with Crippen molar-refractivity contribution in [2.45, 2.75) is 6.18 Å². The fraction of sp³-hybridized carbons (Fsp3) is 0.100. The Morgan fingerprint density at radius 1 is 1.24 bits per heavy atom. The van der Waals surface area contributed by atoms with E-state index >= 15 is 0 Å². The number of halogens is 4. The summed E-state index contributed by atoms with van der Waals surface area (Å²) in [5.41, 5.74) is 3.55. The number of anilines is 1. The smallest absolute Gasteiger partial charge is 0.381 e. The lowest BCUT2D eigenvalue weighted by Gasteiger charge is -2.09. The van der Waals surface area contributed by atoms with Crippen molar-refractivity contribution >= 4 is 5.82 Å². The molecule has 0 radical (unpaired) electrons. The highest BCUT2D eigenvalue weighted by Crippen LogP contribution is 2.35. The zero-order valence-electron chi connectivity index (χ0n) is 8.25. The molecule has 1 aromatic heterocycles. The number of rotatable bonds is 1. The third-order valence-corrected chi connectivity index (χ3v) is 2.10. The Labute approximate surface area is 92.8 Å². The Bertz CT molecular complexity index is 547. The number of nitrogens with zero attached hydrogens (tertiary/aromatic N) is 1. The van der Waals surface area contributed by atoms with E-state index in [4.69, 9.17) is 5.73 Å². The summed E-state index contributed by atoms with van der Waals surface area (Å²) < 4.78 is 55.5. The zero-order chi connectivity index (χ0) is 12.6. The van der Waals surface area contributed by atoms with Crippen LogP contribution in [0.2, 0.25) is 0 Å². The molecule has 0 atom stereocenters. The lowest BCUT2D eigenvalue weighted by molar-refractivity contribution is -0.139. The maximum atomic E-state index is 13.6. The summed E-state index contributed by atoms with van der Waals surface area (Å²) in [4.78, 5) is 0. The highest BCUT2D eigenvalue weighted by atomic mass is 19.4. The standard InChI is InChI=1S/C10H6F4N2O/c11-9-5(7-4-8(15)16-17-7)2-1-3-6(9)10(12,13)14/h1-4H,(H2,15,16). The molecule has 0 spiro atoms. The maximum absolute atomic E-state index is 13.6. The van der Waals surface area contributed by atoms with Gasteiger partial charge in [0.1, 0.15) is 5.82 Å². The average molecular weight is 246 g/mol. The minimum Gasteiger partial charge on any atom is -0.381 e. The molecule has 0 aliphatic carbocycles. The third kappa shape index (κ3) is 2.08. The van der Waals surface area contributed by atoms with Crippen molar-refractivity contribution < 1.29 is 22.1 Å². The first-order valence-corrected chi connectivity index (χ1v) is 4.48. The van der Waals surface area contributed by atoms with Crippen LogP contribution in [0, 0.1) is 5.82 Å². The molecule has 0 fully saturated rings. The molecule has 0 amide bonds. The molecule has 1 aromatic carbocycles. The quantitative estimate of drug-likeness (QED) is 0.786. The molecular weight excluding hydrogens is 240 g/mol. The largest absolute Gasteiger partial charge is 0.419 e. The molecule has 7 heteroatoms. The summed E-state index contributed by atoms with van der Waals surface area (Å²) in [5, 5.41) is 3.28. The highest BCUT2D eigenvalue weighted by molar-refractivity contribution is 5.62. The molecule has 0 aliphatic rings. The number of nitrogen functional groups attached to an aromatic ring is 1. The van der Waals surface area contributed by atoms with Crippen LogP contribution < -0.4 is 5.73 Å². The van der Waals surface area contributed by atoms with Gasteiger partial charge in [0.25, 0.3) is 0 Å². The SMILES string of the molecule is Nc1cc(-c2cccc(C(F)(F)F)c2F)on1. The van der Waals surface area contributed by atoms with E-state index in [-0.39, 0.29) is 17.1 Å². The molecular formula is C10H6F4N2O. The first kappa shape index (κ1) is 11.4. The van der Waals surface area contributed by atoms with E-state index in [1.807, 2.05) is 0 Å². The molecule has 90 valence electrons. The second kappa shape index (κ2) is 3.76. The average Bonchev–Trinajstić information content (AvgIpc) is 2.63. The molecule has 2 aromatic rings. The molecule has 0 saturated heterocycles. The molecule has 0 aliphatic heterocycles. The summed E-state index contributed by atoms with van der Waals surface area (Å²) in [5.74, 6) is -1.58. The van der Waals surface area contributed by atoms with Gasteiger partial charge in [0.2, 0.25) is 0 Å². The topological polar surface area (TPSA) is 52.0 Å². The van der Waals surface area contributed by atoms with Gasteiger partial charge in [-0.25, -0.2) is 4.39 Å². The number of hydrogen-bond acceptors (Lipinski definition) is 3. The van der Waals surface area contributed by atoms with Crippen LogP contribution in [-0.2, 0) is 6.18 Å². The van der Waals surface area contributed by atoms with Crippen molar-refractivity contribution in [2.75, 3.05) is 5.73 Å². The third-order valence-electron chi connectivity index (χ3n) is 2.10. The molecule has 2 N–H and O–H groups in total. The van der Waals surface area contributed by atoms with Crippen LogP contribution in [0.25, 0.3) is 11.3 Å². The Morgan fingerprint density at radius 2 is 1.94 bits per heavy atom. The molecule has 0 unspecified atom stereocenters. The van der Waals surface area contributed by atoms with Gasteiger partial charge in [-0.3, -0.25) is 0 Å². The number of nitrogens with two attached hydrogens (primary N) is 1. The monoisotopic (exact) mass is 246 g/mol. The van der Waals surface area contributed by atoms with E-state index in [2.05, 4.69) is 9.68 Å². The summed E-state index contributed by atoms with van der Waals surface area (Å²) in [6.45, 7) is 0. The van der Waals surface area contributed by atoms with Crippen LogP contribution in [0.1, 0.15) is 5.56 Å². The van der Waals surface area contributed by atoms with Crippen LogP contribution >= 0.6 is 0 Å². The molecule has 0 bridgehead atoms. The lowest BCUT2D eigenvalue weighted by Crippen LogP contribution is -2.08. The second-order valence-corrected chi connectivity index (χ2v) is 3.28. The summed E-state index contributed by atoms with van der Waals surface area (Å²) >= 11 is 0. The van der Waals surface area contributed by atoms with Crippen LogP contribution in [0.3, 0.4) is 0 Å². The summed E-state index contributed by atoms with van der Waals surface area (Å²) in [7, 11) is 0. The predicted molar refractivity (Wildman–Crippen MR) is 51.3 cm³/mol. The predicted octanol–water partition coefficient (Wildman–Crippen LogP) is 3.08. The van der Waals surface area contributed by atoms with Crippen LogP contribution in [0.4, 0.5) is 23.4 Å². The van der Waals surface area contributed by atoms with Gasteiger partial charge in [0.15, 0.2) is 11.6 Å². The Morgan fingerprint density at radius 3 is 2.47 bits per heavy atom. The van der Waals surface area contributed by atoms with Gasteiger partial charge in [0.05, 0.1) is 11.1 Å². The fourth-order valence-corrected chi connectivity index (χ4v) is 1.36. The van der Waals surface area contributed by atoms with Crippen molar-refractivity contribution in [1.82, 2.24) is 5.16 Å². The molecule has 2 rings (SSSR count). The Balaban J connectivity index is 2.57. The van der Waals surface area contributed by atoms with Crippen molar-refractivity contribution in [1.29, 1.82) is 0 Å². The van der Waals surface area contributed by atoms with E-state index in [0.717, 1.165) is 18.2 Å². The number of alkyl halides is 3. The van der Waals surface area contributed by atoms with Gasteiger partial charge < -0.3 is 10.3 Å². The second-order valence-electron chi connectivity index (χ2n) is 3.28. The molecule has 0 saturated carbocycles. The zero-order valence-corrected chi connectivity index (χ0v) is 8.25. The van der Waals surface area contributed by atoms with Gasteiger partial charge in [0, 0.05) is 6.07 Å². The van der Waals surface area contributed by atoms with E-state index in [1.54, 1.807) is 0 Å². The van der Waals surface area contributed by atoms with Crippen molar-refractivity contribution in [2.24, 2.45) is 0 Å². The Kier molecular flexibility index (Phi) is 2.53. The van der Waals surface area contributed by atoms with Gasteiger partial charge in [-0.2, -0.15) is 13.2 Å². The number of aromatic nitrogens is 1. The summed E-state index contributed by atoms with van der Waals surface area (Å²) in [6.07, 6.45) is -4.76. The summed E-state index contributed by atoms with van der Waals surface area (Å²) in [6, 6.07) is 4.04. The lowest BCUT2D eigenvalue weighted by atomic mass is 10.1. The highest BCUT2D eigenvalue weighted by Gasteiger charge is 2.35. The minimum atomic E-state index is -4.76. The van der Waals surface area contributed by atoms with Gasteiger partial charge >= 0.3 is 6.18 Å². The first-order chi connectivity index (χ1) is 7.89. The van der Waals surface area contributed by atoms with Gasteiger partial charge in [-0.1, -0.05) is 11.2 Å². The van der Waals surface area contributed by atoms with Crippen molar-refractivity contribution in [3.8, 4) is 11.3 Å². The van der Waals surface area contributed by atoms with Crippen molar-refractivity contribution in [3.05, 3.63) is 35.6 Å². The van der Waals surface area contributed by atoms with Crippen LogP contribution in [-0.4, -0.2) is 5.16 Å². The van der Waals surface area contributed by atoms with Crippen molar-refractivity contribution in [3.63, 3.8) is 0 Å². The molecule has 17 heavy (non-hydrogen) atoms. The van der Waals surface area contributed by atoms with E-state index in [9.17, 15) is 17.6 Å². The maximum Gasteiger partial charge on any atom is 0.419 e. The van der Waals surface area contributed by atoms with Gasteiger partial charge in [-0.05, 0) is 12.1 Å². The fourth-order valence-electron chi connectivity index (χ4n) is 1.36. The van der Waals surface area contributed by atoms with E-state index in [0.29, 0.717) is 6.07 Å². The van der Waals surface area contributed by atoms with E-state index < -0.39 is 17.6 Å². The minimum absolute atomic E-state index is 0.0307. The van der Waals surface area contributed by atoms with E-state index in [1.165, 1.54) is 0 Å². The first-order valence-electron chi connectivity index (χ1n) is 4.48. The normalized spacial score (nSPS) is 11.8. The molecule has 1 heterocycles. The van der Waals surface area contributed by atoms with Gasteiger partial charge in [-0.15, -0.1) is 0 Å². The molecule has 3 nitrogen and oxygen atoms in total.